The fourth-order valence-corrected chi connectivity index (χ4v) is 3.04. The number of hydrogen-bond donors (Lipinski definition) is 1. The normalized spacial score (nSPS) is 18.4. The van der Waals surface area contributed by atoms with Crippen LogP contribution in [-0.4, -0.2) is 35.2 Å². The first-order chi connectivity index (χ1) is 10.7. The summed E-state index contributed by atoms with van der Waals surface area (Å²) in [5.74, 6) is 0. The fraction of sp³-hybridized carbons (Fsp3) is 0.438. The number of fused-ring (bicyclic) bond motifs is 1. The number of nitriles is 1. The molecule has 3 rings (SSSR count). The van der Waals surface area contributed by atoms with Gasteiger partial charge < -0.3 is 14.8 Å². The maximum absolute atomic E-state index is 12.3. The Bertz CT molecular complexity index is 805. The van der Waals surface area contributed by atoms with Crippen LogP contribution in [0.3, 0.4) is 0 Å². The summed E-state index contributed by atoms with van der Waals surface area (Å²) in [6, 6.07) is 7.51. The zero-order valence-electron chi connectivity index (χ0n) is 12.8. The molecule has 22 heavy (non-hydrogen) atoms. The predicted molar refractivity (Wildman–Crippen MR) is 86.0 cm³/mol. The molecule has 0 saturated carbocycles. The quantitative estimate of drug-likeness (QED) is 0.895. The average molecular weight is 297 g/mol. The lowest BCUT2D eigenvalue weighted by atomic mass is 10.1. The highest BCUT2D eigenvalue weighted by Crippen LogP contribution is 2.26. The number of nitrogens with zero attached hydrogens (tertiary/aromatic N) is 4. The van der Waals surface area contributed by atoms with Gasteiger partial charge in [0, 0.05) is 38.8 Å². The van der Waals surface area contributed by atoms with Crippen molar-refractivity contribution in [1.82, 2.24) is 14.9 Å². The van der Waals surface area contributed by atoms with Crippen molar-refractivity contribution < 1.29 is 0 Å². The van der Waals surface area contributed by atoms with Gasteiger partial charge in [-0.15, -0.1) is 0 Å². The second-order valence-electron chi connectivity index (χ2n) is 5.56. The molecule has 2 aromatic rings. The van der Waals surface area contributed by atoms with Gasteiger partial charge in [-0.2, -0.15) is 5.26 Å². The van der Waals surface area contributed by atoms with Crippen LogP contribution in [0.15, 0.2) is 23.0 Å². The summed E-state index contributed by atoms with van der Waals surface area (Å²) in [6.07, 6.45) is 0.988. The SMILES string of the molecule is CC[C@H]1CNCCN1c1cc(=O)n(C)c2ccc(C#N)nc12. The molecule has 2 aromatic heterocycles. The molecule has 1 saturated heterocycles. The Morgan fingerprint density at radius 1 is 1.50 bits per heavy atom. The highest BCUT2D eigenvalue weighted by atomic mass is 16.1. The van der Waals surface area contributed by atoms with Crippen LogP contribution in [0.1, 0.15) is 19.0 Å². The second-order valence-corrected chi connectivity index (χ2v) is 5.56. The first-order valence-electron chi connectivity index (χ1n) is 7.54. The van der Waals surface area contributed by atoms with E-state index < -0.39 is 0 Å². The molecule has 0 bridgehead atoms. The van der Waals surface area contributed by atoms with Gasteiger partial charge in [-0.3, -0.25) is 4.79 Å². The van der Waals surface area contributed by atoms with Crippen molar-refractivity contribution in [3.63, 3.8) is 0 Å². The van der Waals surface area contributed by atoms with Crippen LogP contribution in [0.2, 0.25) is 0 Å². The molecule has 1 aliphatic rings. The molecule has 6 heteroatoms. The number of anilines is 1. The highest BCUT2D eigenvalue weighted by Gasteiger charge is 2.24. The zero-order valence-corrected chi connectivity index (χ0v) is 12.8. The van der Waals surface area contributed by atoms with Crippen molar-refractivity contribution in [2.24, 2.45) is 7.05 Å². The third kappa shape index (κ3) is 2.34. The van der Waals surface area contributed by atoms with Gasteiger partial charge in [0.05, 0.1) is 11.2 Å². The second kappa shape index (κ2) is 5.78. The van der Waals surface area contributed by atoms with Crippen LogP contribution >= 0.6 is 0 Å². The van der Waals surface area contributed by atoms with Crippen molar-refractivity contribution in [2.45, 2.75) is 19.4 Å². The van der Waals surface area contributed by atoms with Gasteiger partial charge in [0.1, 0.15) is 17.3 Å². The van der Waals surface area contributed by atoms with Crippen molar-refractivity contribution in [1.29, 1.82) is 5.26 Å². The lowest BCUT2D eigenvalue weighted by molar-refractivity contribution is 0.467. The summed E-state index contributed by atoms with van der Waals surface area (Å²) in [7, 11) is 1.73. The van der Waals surface area contributed by atoms with E-state index in [-0.39, 0.29) is 5.56 Å². The number of aromatic nitrogens is 2. The van der Waals surface area contributed by atoms with E-state index in [1.807, 2.05) is 0 Å². The maximum Gasteiger partial charge on any atom is 0.252 e. The van der Waals surface area contributed by atoms with Crippen LogP contribution in [0.25, 0.3) is 11.0 Å². The molecule has 1 fully saturated rings. The summed E-state index contributed by atoms with van der Waals surface area (Å²) in [4.78, 5) is 19.0. The van der Waals surface area contributed by atoms with Crippen molar-refractivity contribution in [3.05, 3.63) is 34.2 Å². The van der Waals surface area contributed by atoms with Crippen molar-refractivity contribution in [2.75, 3.05) is 24.5 Å². The largest absolute Gasteiger partial charge is 0.364 e. The number of piperazine rings is 1. The third-order valence-corrected chi connectivity index (χ3v) is 4.31. The van der Waals surface area contributed by atoms with E-state index in [4.69, 9.17) is 5.26 Å². The molecule has 0 radical (unpaired) electrons. The molecule has 0 aliphatic carbocycles. The van der Waals surface area contributed by atoms with E-state index in [1.165, 1.54) is 0 Å². The molecule has 1 atom stereocenters. The molecule has 0 aromatic carbocycles. The Morgan fingerprint density at radius 3 is 3.05 bits per heavy atom. The van der Waals surface area contributed by atoms with Gasteiger partial charge in [-0.05, 0) is 18.6 Å². The summed E-state index contributed by atoms with van der Waals surface area (Å²) >= 11 is 0. The van der Waals surface area contributed by atoms with E-state index >= 15 is 0 Å². The summed E-state index contributed by atoms with van der Waals surface area (Å²) in [5.41, 5.74) is 2.64. The molecule has 1 aliphatic heterocycles. The van der Waals surface area contributed by atoms with Gasteiger partial charge in [0.25, 0.3) is 5.56 Å². The molecule has 0 unspecified atom stereocenters. The minimum absolute atomic E-state index is 0.0533. The van der Waals surface area contributed by atoms with Gasteiger partial charge in [0.2, 0.25) is 0 Å². The van der Waals surface area contributed by atoms with Crippen LogP contribution in [-0.2, 0) is 7.05 Å². The molecule has 0 amide bonds. The first kappa shape index (κ1) is 14.5. The average Bonchev–Trinajstić information content (AvgIpc) is 2.57. The van der Waals surface area contributed by atoms with E-state index in [0.29, 0.717) is 11.7 Å². The van der Waals surface area contributed by atoms with Crippen LogP contribution in [0.5, 0.6) is 0 Å². The fourth-order valence-electron chi connectivity index (χ4n) is 3.04. The topological polar surface area (TPSA) is 74.0 Å². The Labute approximate surface area is 129 Å². The smallest absolute Gasteiger partial charge is 0.252 e. The summed E-state index contributed by atoms with van der Waals surface area (Å²) in [5, 5.41) is 12.5. The monoisotopic (exact) mass is 297 g/mol. The van der Waals surface area contributed by atoms with E-state index in [9.17, 15) is 4.79 Å². The standard InChI is InChI=1S/C16H19N5O/c1-3-12-10-18-6-7-21(12)14-8-15(22)20(2)13-5-4-11(9-17)19-16(13)14/h4-5,8,12,18H,3,6-7,10H2,1-2H3/t12-/m0/s1. The minimum atomic E-state index is -0.0533. The Kier molecular flexibility index (Phi) is 3.82. The van der Waals surface area contributed by atoms with Gasteiger partial charge >= 0.3 is 0 Å². The highest BCUT2D eigenvalue weighted by molar-refractivity contribution is 5.88. The minimum Gasteiger partial charge on any atom is -0.364 e. The van der Waals surface area contributed by atoms with E-state index in [1.54, 1.807) is 29.8 Å². The number of pyridine rings is 2. The molecule has 114 valence electrons. The van der Waals surface area contributed by atoms with Crippen molar-refractivity contribution >= 4 is 16.7 Å². The van der Waals surface area contributed by atoms with Gasteiger partial charge in [-0.25, -0.2) is 4.98 Å². The van der Waals surface area contributed by atoms with Gasteiger partial charge in [-0.1, -0.05) is 6.92 Å². The maximum atomic E-state index is 12.3. The lowest BCUT2D eigenvalue weighted by Gasteiger charge is -2.37. The molecule has 6 nitrogen and oxygen atoms in total. The summed E-state index contributed by atoms with van der Waals surface area (Å²) in [6.45, 7) is 4.75. The molecular weight excluding hydrogens is 278 g/mol. The Hall–Kier alpha value is -2.39. The van der Waals surface area contributed by atoms with Crippen molar-refractivity contribution in [3.8, 4) is 6.07 Å². The van der Waals surface area contributed by atoms with E-state index in [0.717, 1.165) is 42.8 Å². The first-order valence-corrected chi connectivity index (χ1v) is 7.54. The van der Waals surface area contributed by atoms with Crippen LogP contribution < -0.4 is 15.8 Å². The zero-order chi connectivity index (χ0) is 15.7. The van der Waals surface area contributed by atoms with E-state index in [2.05, 4.69) is 28.2 Å². The molecular formula is C16H19N5O. The Morgan fingerprint density at radius 2 is 2.32 bits per heavy atom. The number of hydrogen-bond acceptors (Lipinski definition) is 5. The molecule has 1 N–H and O–H groups in total. The molecule has 3 heterocycles. The number of rotatable bonds is 2. The molecule has 0 spiro atoms. The van der Waals surface area contributed by atoms with Crippen LogP contribution in [0, 0.1) is 11.3 Å². The van der Waals surface area contributed by atoms with Crippen LogP contribution in [0.4, 0.5) is 5.69 Å². The van der Waals surface area contributed by atoms with Gasteiger partial charge in [0.15, 0.2) is 0 Å². The summed E-state index contributed by atoms with van der Waals surface area (Å²) < 4.78 is 1.58. The lowest BCUT2D eigenvalue weighted by Crippen LogP contribution is -2.51. The third-order valence-electron chi connectivity index (χ3n) is 4.31. The Balaban J connectivity index is 2.25. The predicted octanol–water partition coefficient (Wildman–Crippen LogP) is 0.993. The number of aryl methyl sites for hydroxylation is 1. The number of nitrogens with one attached hydrogen (secondary N) is 1.